The summed E-state index contributed by atoms with van der Waals surface area (Å²) in [7, 11) is 0. The Morgan fingerprint density at radius 2 is 1.91 bits per heavy atom. The van der Waals surface area contributed by atoms with Crippen molar-refractivity contribution in [3.63, 3.8) is 0 Å². The van der Waals surface area contributed by atoms with Gasteiger partial charge in [0.1, 0.15) is 0 Å². The average Bonchev–Trinajstić information content (AvgIpc) is 2.78. The van der Waals surface area contributed by atoms with Crippen molar-refractivity contribution in [3.8, 4) is 0 Å². The van der Waals surface area contributed by atoms with Crippen molar-refractivity contribution >= 4 is 15.9 Å². The van der Waals surface area contributed by atoms with Crippen LogP contribution >= 0.6 is 15.9 Å². The van der Waals surface area contributed by atoms with Gasteiger partial charge >= 0.3 is 0 Å². The monoisotopic (exact) mass is 208 g/mol. The van der Waals surface area contributed by atoms with E-state index in [9.17, 15) is 0 Å². The molecule has 0 amide bonds. The minimum atomic E-state index is 0.656. The summed E-state index contributed by atoms with van der Waals surface area (Å²) in [5.41, 5.74) is 3.13. The maximum atomic E-state index is 3.74. The van der Waals surface area contributed by atoms with Crippen LogP contribution in [-0.4, -0.2) is 0 Å². The van der Waals surface area contributed by atoms with Gasteiger partial charge in [-0.3, -0.25) is 0 Å². The molecule has 56 valence electrons. The fraction of sp³-hybridized carbons (Fsp3) is 0.400. The van der Waals surface area contributed by atoms with Gasteiger partial charge in [0, 0.05) is 4.83 Å². The van der Waals surface area contributed by atoms with Gasteiger partial charge in [0.25, 0.3) is 0 Å². The molecule has 0 radical (unpaired) electrons. The minimum Gasteiger partial charge on any atom is -0.0835 e. The second kappa shape index (κ2) is 1.89. The summed E-state index contributed by atoms with van der Waals surface area (Å²) in [5.74, 6) is 1.82. The van der Waals surface area contributed by atoms with E-state index in [4.69, 9.17) is 0 Å². The molecule has 11 heavy (non-hydrogen) atoms. The van der Waals surface area contributed by atoms with E-state index >= 15 is 0 Å². The topological polar surface area (TPSA) is 0 Å². The molecule has 0 bridgehead atoms. The van der Waals surface area contributed by atoms with Crippen LogP contribution in [-0.2, 0) is 0 Å². The molecule has 0 aliphatic heterocycles. The Balaban J connectivity index is 2.22. The van der Waals surface area contributed by atoms with Gasteiger partial charge in [-0.2, -0.15) is 0 Å². The average molecular weight is 209 g/mol. The number of hydrogen-bond donors (Lipinski definition) is 0. The van der Waals surface area contributed by atoms with Crippen molar-refractivity contribution in [2.45, 2.75) is 17.2 Å². The van der Waals surface area contributed by atoms with Crippen molar-refractivity contribution in [3.05, 3.63) is 35.4 Å². The number of halogens is 1. The van der Waals surface area contributed by atoms with Crippen LogP contribution in [0.15, 0.2) is 24.3 Å². The first-order valence-corrected chi connectivity index (χ1v) is 5.02. The smallest absolute Gasteiger partial charge is 0.0432 e. The highest BCUT2D eigenvalue weighted by Crippen LogP contribution is 2.64. The molecular formula is C10H9Br. The van der Waals surface area contributed by atoms with Gasteiger partial charge in [0.15, 0.2) is 0 Å². The molecule has 0 spiro atoms. The molecule has 0 heterocycles. The lowest BCUT2D eigenvalue weighted by molar-refractivity contribution is 0.847. The van der Waals surface area contributed by atoms with Gasteiger partial charge in [-0.25, -0.2) is 0 Å². The van der Waals surface area contributed by atoms with Gasteiger partial charge in [-0.05, 0) is 29.4 Å². The Morgan fingerprint density at radius 1 is 1.18 bits per heavy atom. The molecule has 2 aliphatic rings. The molecule has 1 fully saturated rings. The molecule has 1 heteroatoms. The normalized spacial score (nSPS) is 38.1. The Kier molecular flexibility index (Phi) is 1.07. The SMILES string of the molecule is BrC1c2ccccc2C2CC12. The van der Waals surface area contributed by atoms with E-state index < -0.39 is 0 Å². The van der Waals surface area contributed by atoms with Gasteiger partial charge in [0.2, 0.25) is 0 Å². The zero-order chi connectivity index (χ0) is 7.42. The van der Waals surface area contributed by atoms with Gasteiger partial charge in [0.05, 0.1) is 0 Å². The van der Waals surface area contributed by atoms with Crippen LogP contribution in [0.3, 0.4) is 0 Å². The fourth-order valence-electron chi connectivity index (χ4n) is 2.23. The third-order valence-corrected chi connectivity index (χ3v) is 4.08. The molecular weight excluding hydrogens is 200 g/mol. The maximum absolute atomic E-state index is 3.74. The standard InChI is InChI=1S/C10H9Br/c11-10-7-4-2-1-3-6(7)8-5-9(8)10/h1-4,8-10H,5H2. The van der Waals surface area contributed by atoms with Gasteiger partial charge in [-0.15, -0.1) is 0 Å². The number of hydrogen-bond acceptors (Lipinski definition) is 0. The summed E-state index contributed by atoms with van der Waals surface area (Å²) in [5, 5.41) is 0. The molecule has 3 atom stereocenters. The third kappa shape index (κ3) is 0.698. The Morgan fingerprint density at radius 3 is 2.64 bits per heavy atom. The van der Waals surface area contributed by atoms with Gasteiger partial charge < -0.3 is 0 Å². The van der Waals surface area contributed by atoms with E-state index in [1.54, 1.807) is 5.56 Å². The number of rotatable bonds is 0. The summed E-state index contributed by atoms with van der Waals surface area (Å²) in [6.07, 6.45) is 1.41. The Hall–Kier alpha value is -0.300. The Labute approximate surface area is 74.7 Å². The van der Waals surface area contributed by atoms with E-state index in [1.807, 2.05) is 0 Å². The summed E-state index contributed by atoms with van der Waals surface area (Å²) in [6, 6.07) is 8.82. The van der Waals surface area contributed by atoms with Crippen LogP contribution < -0.4 is 0 Å². The molecule has 0 N–H and O–H groups in total. The van der Waals surface area contributed by atoms with Crippen molar-refractivity contribution < 1.29 is 0 Å². The van der Waals surface area contributed by atoms with Crippen LogP contribution in [0.1, 0.15) is 28.3 Å². The lowest BCUT2D eigenvalue weighted by Crippen LogP contribution is -1.87. The van der Waals surface area contributed by atoms with E-state index in [2.05, 4.69) is 40.2 Å². The second-order valence-corrected chi connectivity index (χ2v) is 4.52. The molecule has 1 aromatic rings. The Bertz CT molecular complexity index is 290. The highest BCUT2D eigenvalue weighted by Gasteiger charge is 2.50. The predicted molar refractivity (Wildman–Crippen MR) is 49.0 cm³/mol. The largest absolute Gasteiger partial charge is 0.0835 e. The highest BCUT2D eigenvalue weighted by atomic mass is 79.9. The van der Waals surface area contributed by atoms with Crippen LogP contribution in [0.5, 0.6) is 0 Å². The van der Waals surface area contributed by atoms with Crippen LogP contribution in [0.2, 0.25) is 0 Å². The third-order valence-electron chi connectivity index (χ3n) is 2.91. The number of fused-ring (bicyclic) bond motifs is 3. The molecule has 3 rings (SSSR count). The van der Waals surface area contributed by atoms with Crippen LogP contribution in [0.25, 0.3) is 0 Å². The summed E-state index contributed by atoms with van der Waals surface area (Å²) < 4.78 is 0. The van der Waals surface area contributed by atoms with Crippen molar-refractivity contribution in [2.24, 2.45) is 5.92 Å². The van der Waals surface area contributed by atoms with Crippen molar-refractivity contribution in [1.29, 1.82) is 0 Å². The summed E-state index contributed by atoms with van der Waals surface area (Å²) in [6.45, 7) is 0. The lowest BCUT2D eigenvalue weighted by atomic mass is 10.1. The van der Waals surface area contributed by atoms with Crippen LogP contribution in [0, 0.1) is 5.92 Å². The number of benzene rings is 1. The lowest BCUT2D eigenvalue weighted by Gasteiger charge is -2.05. The molecule has 0 saturated heterocycles. The first-order valence-electron chi connectivity index (χ1n) is 4.11. The molecule has 1 saturated carbocycles. The van der Waals surface area contributed by atoms with E-state index in [1.165, 1.54) is 12.0 Å². The predicted octanol–water partition coefficient (Wildman–Crippen LogP) is 3.24. The summed E-state index contributed by atoms with van der Waals surface area (Å²) >= 11 is 3.74. The zero-order valence-corrected chi connectivity index (χ0v) is 7.71. The second-order valence-electron chi connectivity index (χ2n) is 3.54. The zero-order valence-electron chi connectivity index (χ0n) is 6.13. The molecule has 0 nitrogen and oxygen atoms in total. The van der Waals surface area contributed by atoms with Crippen molar-refractivity contribution in [1.82, 2.24) is 0 Å². The molecule has 3 unspecified atom stereocenters. The first-order chi connectivity index (χ1) is 5.38. The maximum Gasteiger partial charge on any atom is 0.0432 e. The quantitative estimate of drug-likeness (QED) is 0.575. The number of alkyl halides is 1. The van der Waals surface area contributed by atoms with E-state index in [0.717, 1.165) is 11.8 Å². The summed E-state index contributed by atoms with van der Waals surface area (Å²) in [4.78, 5) is 0.656. The van der Waals surface area contributed by atoms with Crippen molar-refractivity contribution in [2.75, 3.05) is 0 Å². The molecule has 2 aliphatic carbocycles. The van der Waals surface area contributed by atoms with E-state index in [0.29, 0.717) is 4.83 Å². The van der Waals surface area contributed by atoms with Crippen LogP contribution in [0.4, 0.5) is 0 Å². The fourth-order valence-corrected chi connectivity index (χ4v) is 3.23. The molecule has 1 aromatic carbocycles. The van der Waals surface area contributed by atoms with Gasteiger partial charge in [-0.1, -0.05) is 40.2 Å². The van der Waals surface area contributed by atoms with E-state index in [-0.39, 0.29) is 0 Å². The highest BCUT2D eigenvalue weighted by molar-refractivity contribution is 9.09. The first kappa shape index (κ1) is 6.24. The molecule has 0 aromatic heterocycles. The minimum absolute atomic E-state index is 0.656.